The summed E-state index contributed by atoms with van der Waals surface area (Å²) < 4.78 is 5.26. The summed E-state index contributed by atoms with van der Waals surface area (Å²) in [5.41, 5.74) is 3.23. The molecule has 3 rings (SSSR count). The molecule has 0 saturated carbocycles. The maximum Gasteiger partial charge on any atom is 0.135 e. The van der Waals surface area contributed by atoms with E-state index in [0.717, 1.165) is 22.9 Å². The van der Waals surface area contributed by atoms with Crippen molar-refractivity contribution in [1.82, 2.24) is 9.97 Å². The molecule has 134 valence electrons. The van der Waals surface area contributed by atoms with E-state index < -0.39 is 0 Å². The van der Waals surface area contributed by atoms with Crippen molar-refractivity contribution in [3.05, 3.63) is 66.5 Å². The number of nitrogens with zero attached hydrogens (tertiary/aromatic N) is 2. The molecule has 0 aliphatic carbocycles. The molecule has 0 unspecified atom stereocenters. The summed E-state index contributed by atoms with van der Waals surface area (Å²) in [6, 6.07) is 17.9. The van der Waals surface area contributed by atoms with Gasteiger partial charge in [0.25, 0.3) is 0 Å². The quantitative estimate of drug-likeness (QED) is 0.658. The van der Waals surface area contributed by atoms with Crippen molar-refractivity contribution in [2.45, 2.75) is 26.2 Å². The van der Waals surface area contributed by atoms with Crippen LogP contribution in [0.5, 0.6) is 5.75 Å². The fraction of sp³-hybridized carbons (Fsp3) is 0.238. The molecule has 5 nitrogen and oxygen atoms in total. The van der Waals surface area contributed by atoms with E-state index in [1.54, 1.807) is 13.4 Å². The number of para-hydroxylation sites is 1. The fourth-order valence-electron chi connectivity index (χ4n) is 2.73. The Bertz CT molecular complexity index is 887. The first-order chi connectivity index (χ1) is 12.5. The Labute approximate surface area is 154 Å². The highest BCUT2D eigenvalue weighted by molar-refractivity contribution is 5.66. The molecule has 0 spiro atoms. The summed E-state index contributed by atoms with van der Waals surface area (Å²) in [5.74, 6) is 2.24. The largest absolute Gasteiger partial charge is 0.497 e. The molecule has 1 aromatic heterocycles. The molecule has 0 saturated heterocycles. The third-order valence-corrected chi connectivity index (χ3v) is 4.01. The van der Waals surface area contributed by atoms with E-state index >= 15 is 0 Å². The summed E-state index contributed by atoms with van der Waals surface area (Å²) in [4.78, 5) is 8.65. The number of nitrogens with one attached hydrogen (secondary N) is 2. The van der Waals surface area contributed by atoms with E-state index in [1.165, 1.54) is 5.56 Å². The van der Waals surface area contributed by atoms with Gasteiger partial charge in [0.2, 0.25) is 0 Å². The molecule has 5 heteroatoms. The Balaban J connectivity index is 1.82. The molecule has 3 aromatic rings. The average molecular weight is 348 g/mol. The van der Waals surface area contributed by atoms with Crippen LogP contribution in [-0.4, -0.2) is 17.1 Å². The van der Waals surface area contributed by atoms with E-state index in [-0.39, 0.29) is 5.41 Å². The third kappa shape index (κ3) is 4.30. The first-order valence-corrected chi connectivity index (χ1v) is 8.55. The second-order valence-electron chi connectivity index (χ2n) is 7.07. The normalized spacial score (nSPS) is 11.1. The summed E-state index contributed by atoms with van der Waals surface area (Å²) in [5, 5.41) is 6.69. The number of benzene rings is 2. The highest BCUT2D eigenvalue weighted by atomic mass is 16.5. The lowest BCUT2D eigenvalue weighted by molar-refractivity contribution is 0.415. The van der Waals surface area contributed by atoms with Crippen LogP contribution >= 0.6 is 0 Å². The molecule has 26 heavy (non-hydrogen) atoms. The van der Waals surface area contributed by atoms with Gasteiger partial charge < -0.3 is 15.4 Å². The fourth-order valence-corrected chi connectivity index (χ4v) is 2.73. The van der Waals surface area contributed by atoms with Crippen LogP contribution in [0, 0.1) is 0 Å². The van der Waals surface area contributed by atoms with Crippen molar-refractivity contribution >= 4 is 23.0 Å². The van der Waals surface area contributed by atoms with Crippen molar-refractivity contribution in [2.24, 2.45) is 0 Å². The summed E-state index contributed by atoms with van der Waals surface area (Å²) >= 11 is 0. The Morgan fingerprint density at radius 3 is 2.31 bits per heavy atom. The van der Waals surface area contributed by atoms with Crippen LogP contribution in [-0.2, 0) is 5.41 Å². The van der Waals surface area contributed by atoms with E-state index in [0.29, 0.717) is 5.82 Å². The molecule has 2 N–H and O–H groups in total. The van der Waals surface area contributed by atoms with Crippen LogP contribution < -0.4 is 15.4 Å². The molecule has 0 amide bonds. The lowest BCUT2D eigenvalue weighted by atomic mass is 9.86. The molecule has 2 aromatic carbocycles. The molecule has 0 atom stereocenters. The second kappa shape index (κ2) is 7.44. The van der Waals surface area contributed by atoms with E-state index in [4.69, 9.17) is 4.74 Å². The van der Waals surface area contributed by atoms with Crippen LogP contribution in [0.1, 0.15) is 26.3 Å². The highest BCUT2D eigenvalue weighted by Gasteiger charge is 2.17. The van der Waals surface area contributed by atoms with Crippen molar-refractivity contribution in [3.8, 4) is 5.75 Å². The van der Waals surface area contributed by atoms with Crippen LogP contribution in [0.2, 0.25) is 0 Å². The Morgan fingerprint density at radius 2 is 1.58 bits per heavy atom. The summed E-state index contributed by atoms with van der Waals surface area (Å²) in [6.07, 6.45) is 1.55. The lowest BCUT2D eigenvalue weighted by Gasteiger charge is -2.23. The van der Waals surface area contributed by atoms with Gasteiger partial charge in [0.05, 0.1) is 7.11 Å². The molecule has 0 fully saturated rings. The van der Waals surface area contributed by atoms with Crippen molar-refractivity contribution in [1.29, 1.82) is 0 Å². The molecular weight excluding hydrogens is 324 g/mol. The maximum absolute atomic E-state index is 5.26. The third-order valence-electron chi connectivity index (χ3n) is 4.01. The number of hydrogen-bond donors (Lipinski definition) is 2. The van der Waals surface area contributed by atoms with Gasteiger partial charge in [-0.2, -0.15) is 0 Å². The summed E-state index contributed by atoms with van der Waals surface area (Å²) in [7, 11) is 1.65. The first-order valence-electron chi connectivity index (χ1n) is 8.55. The molecule has 0 aliphatic heterocycles. The van der Waals surface area contributed by atoms with Crippen molar-refractivity contribution in [2.75, 3.05) is 17.7 Å². The number of rotatable bonds is 5. The van der Waals surface area contributed by atoms with Gasteiger partial charge in [-0.3, -0.25) is 0 Å². The van der Waals surface area contributed by atoms with Crippen LogP contribution in [0.25, 0.3) is 0 Å². The zero-order valence-corrected chi connectivity index (χ0v) is 15.6. The zero-order valence-electron chi connectivity index (χ0n) is 15.6. The molecule has 1 heterocycles. The van der Waals surface area contributed by atoms with Crippen molar-refractivity contribution in [3.63, 3.8) is 0 Å². The van der Waals surface area contributed by atoms with Gasteiger partial charge in [-0.1, -0.05) is 45.0 Å². The Kier molecular flexibility index (Phi) is 5.07. The molecule has 0 radical (unpaired) electrons. The summed E-state index contributed by atoms with van der Waals surface area (Å²) in [6.45, 7) is 6.59. The van der Waals surface area contributed by atoms with E-state index in [1.807, 2.05) is 36.4 Å². The smallest absolute Gasteiger partial charge is 0.135 e. The number of anilines is 4. The zero-order chi connectivity index (χ0) is 18.6. The predicted octanol–water partition coefficient (Wildman–Crippen LogP) is 5.27. The van der Waals surface area contributed by atoms with Crippen LogP contribution in [0.3, 0.4) is 0 Å². The van der Waals surface area contributed by atoms with Crippen molar-refractivity contribution < 1.29 is 4.74 Å². The van der Waals surface area contributed by atoms with Gasteiger partial charge in [-0.05, 0) is 29.2 Å². The molecular formula is C21H24N4O. The van der Waals surface area contributed by atoms with Crippen LogP contribution in [0.15, 0.2) is 60.9 Å². The topological polar surface area (TPSA) is 59.1 Å². The van der Waals surface area contributed by atoms with Crippen LogP contribution in [0.4, 0.5) is 23.0 Å². The number of ether oxygens (including phenoxy) is 1. The maximum atomic E-state index is 5.26. The Morgan fingerprint density at radius 1 is 0.846 bits per heavy atom. The minimum Gasteiger partial charge on any atom is -0.497 e. The second-order valence-corrected chi connectivity index (χ2v) is 7.07. The number of aromatic nitrogens is 2. The number of methoxy groups -OCH3 is 1. The van der Waals surface area contributed by atoms with Gasteiger partial charge in [-0.15, -0.1) is 0 Å². The SMILES string of the molecule is COc1cccc(Nc2cc(Nc3ccccc3C(C)(C)C)ncn2)c1. The van der Waals surface area contributed by atoms with Gasteiger partial charge in [0.15, 0.2) is 0 Å². The monoisotopic (exact) mass is 348 g/mol. The average Bonchev–Trinajstić information content (AvgIpc) is 2.62. The molecule has 0 bridgehead atoms. The minimum atomic E-state index is 0.0400. The number of hydrogen-bond acceptors (Lipinski definition) is 5. The first kappa shape index (κ1) is 17.7. The van der Waals surface area contributed by atoms with Gasteiger partial charge in [0.1, 0.15) is 23.7 Å². The Hall–Kier alpha value is -3.08. The highest BCUT2D eigenvalue weighted by Crippen LogP contribution is 2.31. The predicted molar refractivity (Wildman–Crippen MR) is 107 cm³/mol. The van der Waals surface area contributed by atoms with E-state index in [2.05, 4.69) is 59.6 Å². The lowest BCUT2D eigenvalue weighted by Crippen LogP contribution is -2.13. The molecule has 0 aliphatic rings. The standard InChI is InChI=1S/C21H24N4O/c1-21(2,3)17-10-5-6-11-18(17)25-20-13-19(22-14-23-20)24-15-8-7-9-16(12-15)26-4/h5-14H,1-4H3,(H2,22,23,24,25). The van der Waals surface area contributed by atoms with E-state index in [9.17, 15) is 0 Å². The van der Waals surface area contributed by atoms with Gasteiger partial charge in [-0.25, -0.2) is 9.97 Å². The van der Waals surface area contributed by atoms with Gasteiger partial charge in [0, 0.05) is 23.5 Å². The minimum absolute atomic E-state index is 0.0400. The van der Waals surface area contributed by atoms with Gasteiger partial charge >= 0.3 is 0 Å².